The van der Waals surface area contributed by atoms with E-state index in [9.17, 15) is 14.8 Å². The van der Waals surface area contributed by atoms with Crippen LogP contribution in [-0.2, 0) is 6.54 Å². The predicted octanol–water partition coefficient (Wildman–Crippen LogP) is 3.15. The summed E-state index contributed by atoms with van der Waals surface area (Å²) in [5.74, 6) is 1.61. The van der Waals surface area contributed by atoms with Crippen molar-refractivity contribution in [1.82, 2.24) is 4.90 Å². The minimum absolute atomic E-state index is 0.282. The number of methoxy groups -OCH3 is 2. The molecule has 1 amide bonds. The summed E-state index contributed by atoms with van der Waals surface area (Å²) >= 11 is 0. The van der Waals surface area contributed by atoms with Crippen molar-refractivity contribution >= 4 is 13.6 Å². The van der Waals surface area contributed by atoms with Crippen LogP contribution in [0.15, 0.2) is 18.2 Å². The second-order valence-electron chi connectivity index (χ2n) is 6.57. The minimum atomic E-state index is -1.73. The SMILES string of the molecule is COc1ccc(CN(CC2CC[P+](C)(O)CC2)C(=O)O)c(OC)c1. The van der Waals surface area contributed by atoms with Crippen LogP contribution in [0.4, 0.5) is 4.79 Å². The van der Waals surface area contributed by atoms with Crippen molar-refractivity contribution in [2.75, 3.05) is 39.8 Å². The maximum absolute atomic E-state index is 11.6. The maximum atomic E-state index is 11.6. The standard InChI is InChI=1S/C17H26NO5P/c1-22-15-5-4-14(16(10-15)23-2)12-18(17(19)20)11-13-6-8-24(3,21)9-7-13/h4-5,10,13,21H,6-9,11-12H2,1-3H3/p+1. The highest BCUT2D eigenvalue weighted by Gasteiger charge is 2.36. The quantitative estimate of drug-likeness (QED) is 0.766. The van der Waals surface area contributed by atoms with Crippen molar-refractivity contribution in [1.29, 1.82) is 0 Å². The number of hydrogen-bond donors (Lipinski definition) is 2. The Labute approximate surface area is 143 Å². The highest BCUT2D eigenvalue weighted by atomic mass is 31.2. The molecular formula is C17H27NO5P+. The number of rotatable bonds is 6. The normalized spacial score (nSPS) is 23.6. The molecule has 134 valence electrons. The molecule has 1 aromatic carbocycles. The third-order valence-corrected chi connectivity index (χ3v) is 7.09. The van der Waals surface area contributed by atoms with Crippen molar-refractivity contribution in [2.45, 2.75) is 19.4 Å². The van der Waals surface area contributed by atoms with Crippen LogP contribution in [0, 0.1) is 5.92 Å². The van der Waals surface area contributed by atoms with Crippen LogP contribution in [0.1, 0.15) is 18.4 Å². The minimum Gasteiger partial charge on any atom is -0.497 e. The van der Waals surface area contributed by atoms with Gasteiger partial charge in [-0.2, -0.15) is 0 Å². The number of hydrogen-bond acceptors (Lipinski definition) is 4. The smallest absolute Gasteiger partial charge is 0.407 e. The first-order chi connectivity index (χ1) is 11.3. The van der Waals surface area contributed by atoms with Crippen LogP contribution < -0.4 is 9.47 Å². The van der Waals surface area contributed by atoms with Crippen LogP contribution in [0.25, 0.3) is 0 Å². The van der Waals surface area contributed by atoms with Crippen LogP contribution in [0.3, 0.4) is 0 Å². The van der Waals surface area contributed by atoms with Gasteiger partial charge in [0.2, 0.25) is 0 Å². The Morgan fingerprint density at radius 1 is 1.29 bits per heavy atom. The average Bonchev–Trinajstić information content (AvgIpc) is 2.56. The monoisotopic (exact) mass is 356 g/mol. The molecule has 1 aliphatic rings. The van der Waals surface area contributed by atoms with Gasteiger partial charge in [0, 0.05) is 18.2 Å². The molecule has 0 unspecified atom stereocenters. The van der Waals surface area contributed by atoms with E-state index in [2.05, 4.69) is 0 Å². The van der Waals surface area contributed by atoms with E-state index >= 15 is 0 Å². The zero-order valence-corrected chi connectivity index (χ0v) is 15.5. The van der Waals surface area contributed by atoms with E-state index in [-0.39, 0.29) is 6.54 Å². The third kappa shape index (κ3) is 4.99. The molecule has 0 aliphatic carbocycles. The summed E-state index contributed by atoms with van der Waals surface area (Å²) in [7, 11) is 1.42. The lowest BCUT2D eigenvalue weighted by Gasteiger charge is -2.30. The molecule has 7 heteroatoms. The first kappa shape index (κ1) is 18.8. The fourth-order valence-corrected chi connectivity index (χ4v) is 5.14. The van der Waals surface area contributed by atoms with Gasteiger partial charge < -0.3 is 19.5 Å². The number of carboxylic acid groups (broad SMARTS) is 1. The molecule has 6 nitrogen and oxygen atoms in total. The van der Waals surface area contributed by atoms with Gasteiger partial charge in [0.05, 0.1) is 39.8 Å². The highest BCUT2D eigenvalue weighted by Crippen LogP contribution is 2.55. The fraction of sp³-hybridized carbons (Fsp3) is 0.588. The number of nitrogens with zero attached hydrogens (tertiary/aromatic N) is 1. The van der Waals surface area contributed by atoms with Gasteiger partial charge in [-0.25, -0.2) is 4.79 Å². The number of ether oxygens (including phenoxy) is 2. The first-order valence-electron chi connectivity index (χ1n) is 8.10. The van der Waals surface area contributed by atoms with Gasteiger partial charge in [-0.1, -0.05) is 0 Å². The van der Waals surface area contributed by atoms with E-state index in [1.54, 1.807) is 26.4 Å². The summed E-state index contributed by atoms with van der Waals surface area (Å²) in [5, 5.41) is 9.55. The van der Waals surface area contributed by atoms with Crippen LogP contribution in [0.5, 0.6) is 11.5 Å². The molecule has 0 spiro atoms. The molecule has 2 N–H and O–H groups in total. The Morgan fingerprint density at radius 3 is 2.50 bits per heavy atom. The van der Waals surface area contributed by atoms with E-state index in [0.717, 1.165) is 30.7 Å². The molecule has 24 heavy (non-hydrogen) atoms. The molecule has 0 radical (unpaired) electrons. The van der Waals surface area contributed by atoms with Gasteiger partial charge in [-0.3, -0.25) is 4.89 Å². The second-order valence-corrected chi connectivity index (χ2v) is 10.1. The van der Waals surface area contributed by atoms with E-state index in [4.69, 9.17) is 9.47 Å². The highest BCUT2D eigenvalue weighted by molar-refractivity contribution is 7.69. The third-order valence-electron chi connectivity index (χ3n) is 4.64. The molecule has 1 heterocycles. The maximum Gasteiger partial charge on any atom is 0.407 e. The number of amides is 1. The Kier molecular flexibility index (Phi) is 6.30. The Balaban J connectivity index is 2.05. The molecule has 0 atom stereocenters. The lowest BCUT2D eigenvalue weighted by atomic mass is 10.0. The zero-order chi connectivity index (χ0) is 17.7. The van der Waals surface area contributed by atoms with E-state index in [0.29, 0.717) is 24.0 Å². The molecule has 0 bridgehead atoms. The van der Waals surface area contributed by atoms with Gasteiger partial charge in [0.15, 0.2) is 0 Å². The van der Waals surface area contributed by atoms with Gasteiger partial charge >= 0.3 is 6.09 Å². The molecule has 1 saturated heterocycles. The van der Waals surface area contributed by atoms with Crippen LogP contribution >= 0.6 is 7.49 Å². The van der Waals surface area contributed by atoms with Crippen LogP contribution in [0.2, 0.25) is 0 Å². The summed E-state index contributed by atoms with van der Waals surface area (Å²) in [4.78, 5) is 23.2. The molecular weight excluding hydrogens is 329 g/mol. The summed E-state index contributed by atoms with van der Waals surface area (Å²) in [6.07, 6.45) is 2.52. The fourth-order valence-electron chi connectivity index (χ4n) is 3.07. The Morgan fingerprint density at radius 2 is 1.96 bits per heavy atom. The molecule has 2 rings (SSSR count). The van der Waals surface area contributed by atoms with Crippen molar-refractivity contribution in [2.24, 2.45) is 5.92 Å². The largest absolute Gasteiger partial charge is 0.497 e. The summed E-state index contributed by atoms with van der Waals surface area (Å²) in [6.45, 7) is 2.73. The second kappa shape index (κ2) is 8.04. The van der Waals surface area contributed by atoms with E-state index in [1.165, 1.54) is 4.90 Å². The number of benzene rings is 1. The van der Waals surface area contributed by atoms with Crippen LogP contribution in [-0.4, -0.2) is 60.7 Å². The van der Waals surface area contributed by atoms with Gasteiger partial charge in [0.25, 0.3) is 0 Å². The molecule has 1 aliphatic heterocycles. The summed E-state index contributed by atoms with van der Waals surface area (Å²) in [6, 6.07) is 5.41. The van der Waals surface area contributed by atoms with E-state index in [1.807, 2.05) is 12.7 Å². The first-order valence-corrected chi connectivity index (χ1v) is 10.7. The van der Waals surface area contributed by atoms with Crippen molar-refractivity contribution < 1.29 is 24.3 Å². The molecule has 0 aromatic heterocycles. The zero-order valence-electron chi connectivity index (χ0n) is 14.6. The van der Waals surface area contributed by atoms with Crippen molar-refractivity contribution in [3.05, 3.63) is 23.8 Å². The molecule has 1 aromatic rings. The molecule has 1 fully saturated rings. The van der Waals surface area contributed by atoms with Gasteiger partial charge in [-0.15, -0.1) is 0 Å². The Hall–Kier alpha value is -1.52. The van der Waals surface area contributed by atoms with Crippen molar-refractivity contribution in [3.63, 3.8) is 0 Å². The van der Waals surface area contributed by atoms with Gasteiger partial charge in [-0.05, 0) is 30.9 Å². The summed E-state index contributed by atoms with van der Waals surface area (Å²) < 4.78 is 10.5. The van der Waals surface area contributed by atoms with Crippen molar-refractivity contribution in [3.8, 4) is 11.5 Å². The lowest BCUT2D eigenvalue weighted by Crippen LogP contribution is -2.35. The molecule has 0 saturated carbocycles. The summed E-state index contributed by atoms with van der Waals surface area (Å²) in [5.41, 5.74) is 0.816. The topological polar surface area (TPSA) is 79.2 Å². The number of carbonyl (C=O) groups is 1. The van der Waals surface area contributed by atoms with E-state index < -0.39 is 13.6 Å². The lowest BCUT2D eigenvalue weighted by molar-refractivity contribution is 0.131. The van der Waals surface area contributed by atoms with Gasteiger partial charge in [0.1, 0.15) is 19.0 Å². The average molecular weight is 356 g/mol. The predicted molar refractivity (Wildman–Crippen MR) is 95.5 cm³/mol. The Bertz CT molecular complexity index is 568.